The van der Waals surface area contributed by atoms with Gasteiger partial charge in [-0.1, -0.05) is 0 Å². The third-order valence-electron chi connectivity index (χ3n) is 8.76. The van der Waals surface area contributed by atoms with Gasteiger partial charge in [-0.2, -0.15) is 0 Å². The number of aliphatic hydroxyl groups excluding tert-OH is 2. The number of amides is 1. The maximum Gasteiger partial charge on any atom is 0.255 e. The zero-order valence-corrected chi connectivity index (χ0v) is 23.1. The SMILES string of the molecule is CN(C)c1cc(CN2CCOCC2)c(O)c2c1C[C@@H]1C[C@H]3[C@H](N(C)C)C(=O)C(C(N)=O)=C(O)[C@@]3(O)C(=O)C1=C2O. The highest BCUT2D eigenvalue weighted by Crippen LogP contribution is 2.54. The molecule has 1 saturated carbocycles. The van der Waals surface area contributed by atoms with Crippen molar-refractivity contribution in [3.8, 4) is 5.75 Å². The number of primary amides is 1. The fraction of sp³-hybridized carbons (Fsp3) is 0.536. The minimum absolute atomic E-state index is 0.0505. The lowest BCUT2D eigenvalue weighted by Crippen LogP contribution is -2.65. The van der Waals surface area contributed by atoms with E-state index in [1.165, 1.54) is 4.90 Å². The number of morpholine rings is 1. The molecule has 5 rings (SSSR count). The molecular weight excluding hydrogens is 520 g/mol. The summed E-state index contributed by atoms with van der Waals surface area (Å²) >= 11 is 0. The van der Waals surface area contributed by atoms with E-state index in [1.807, 2.05) is 25.1 Å². The van der Waals surface area contributed by atoms with Crippen LogP contribution in [-0.2, 0) is 32.1 Å². The molecular formula is C28H36N4O8. The van der Waals surface area contributed by atoms with Gasteiger partial charge in [-0.15, -0.1) is 0 Å². The van der Waals surface area contributed by atoms with Crippen LogP contribution in [0.1, 0.15) is 23.1 Å². The van der Waals surface area contributed by atoms with Gasteiger partial charge in [-0.3, -0.25) is 24.2 Å². The van der Waals surface area contributed by atoms with E-state index >= 15 is 0 Å². The number of fused-ring (bicyclic) bond motifs is 3. The first-order chi connectivity index (χ1) is 18.8. The Morgan fingerprint density at radius 3 is 2.38 bits per heavy atom. The van der Waals surface area contributed by atoms with Crippen LogP contribution in [0.2, 0.25) is 0 Å². The van der Waals surface area contributed by atoms with Crippen molar-refractivity contribution in [1.29, 1.82) is 0 Å². The van der Waals surface area contributed by atoms with Gasteiger partial charge in [0.05, 0.1) is 24.8 Å². The Morgan fingerprint density at radius 1 is 1.15 bits per heavy atom. The van der Waals surface area contributed by atoms with Crippen LogP contribution < -0.4 is 10.6 Å². The number of hydrogen-bond acceptors (Lipinski definition) is 11. The molecule has 4 aliphatic rings. The number of phenols is 1. The molecule has 4 atom stereocenters. The molecule has 12 heteroatoms. The van der Waals surface area contributed by atoms with E-state index in [0.29, 0.717) is 44.0 Å². The number of ether oxygens (including phenoxy) is 1. The molecule has 0 unspecified atom stereocenters. The van der Waals surface area contributed by atoms with Crippen molar-refractivity contribution in [1.82, 2.24) is 9.80 Å². The molecule has 1 aromatic rings. The number of carbonyl (C=O) groups is 3. The molecule has 12 nitrogen and oxygen atoms in total. The number of benzene rings is 1. The summed E-state index contributed by atoms with van der Waals surface area (Å²) in [6.45, 7) is 2.88. The van der Waals surface area contributed by atoms with Crippen LogP contribution >= 0.6 is 0 Å². The lowest BCUT2D eigenvalue weighted by Gasteiger charge is -2.50. The highest BCUT2D eigenvalue weighted by molar-refractivity contribution is 6.24. The first-order valence-corrected chi connectivity index (χ1v) is 13.3. The smallest absolute Gasteiger partial charge is 0.255 e. The second-order valence-electron chi connectivity index (χ2n) is 11.5. The normalized spacial score (nSPS) is 28.9. The summed E-state index contributed by atoms with van der Waals surface area (Å²) in [6, 6.07) is 0.763. The Bertz CT molecular complexity index is 1360. The monoisotopic (exact) mass is 556 g/mol. The van der Waals surface area contributed by atoms with Crippen molar-refractivity contribution in [2.24, 2.45) is 17.6 Å². The van der Waals surface area contributed by atoms with Crippen LogP contribution in [0.25, 0.3) is 5.76 Å². The number of anilines is 1. The maximum absolute atomic E-state index is 14.1. The second-order valence-corrected chi connectivity index (χ2v) is 11.5. The van der Waals surface area contributed by atoms with E-state index in [9.17, 15) is 34.8 Å². The average Bonchev–Trinajstić information content (AvgIpc) is 2.87. The van der Waals surface area contributed by atoms with Crippen LogP contribution in [0.4, 0.5) is 5.69 Å². The number of likely N-dealkylation sites (N-methyl/N-ethyl adjacent to an activating group) is 1. The number of nitrogens with zero attached hydrogens (tertiary/aromatic N) is 3. The van der Waals surface area contributed by atoms with Crippen molar-refractivity contribution in [3.05, 3.63) is 39.7 Å². The molecule has 1 heterocycles. The fourth-order valence-corrected chi connectivity index (χ4v) is 6.87. The van der Waals surface area contributed by atoms with Gasteiger partial charge in [0.1, 0.15) is 22.8 Å². The van der Waals surface area contributed by atoms with E-state index in [1.54, 1.807) is 14.1 Å². The predicted molar refractivity (Wildman–Crippen MR) is 145 cm³/mol. The van der Waals surface area contributed by atoms with Crippen LogP contribution in [-0.4, -0.2) is 114 Å². The molecule has 40 heavy (non-hydrogen) atoms. The number of hydrogen-bond donors (Lipinski definition) is 5. The molecule has 1 saturated heterocycles. The number of Topliss-reactive ketones (excluding diaryl/α,β-unsaturated/α-hetero) is 2. The van der Waals surface area contributed by atoms with Crippen molar-refractivity contribution < 1.29 is 39.5 Å². The summed E-state index contributed by atoms with van der Waals surface area (Å²) in [5, 5.41) is 45.8. The third-order valence-corrected chi connectivity index (χ3v) is 8.76. The minimum atomic E-state index is -2.66. The lowest BCUT2D eigenvalue weighted by molar-refractivity contribution is -0.153. The molecule has 0 radical (unpaired) electrons. The quantitative estimate of drug-likeness (QED) is 0.305. The van der Waals surface area contributed by atoms with Crippen molar-refractivity contribution in [2.75, 3.05) is 59.4 Å². The van der Waals surface area contributed by atoms with E-state index < -0.39 is 58.0 Å². The Morgan fingerprint density at radius 2 is 1.80 bits per heavy atom. The van der Waals surface area contributed by atoms with Gasteiger partial charge in [0.25, 0.3) is 5.91 Å². The molecule has 3 aliphatic carbocycles. The summed E-state index contributed by atoms with van der Waals surface area (Å²) in [4.78, 5) is 44.9. The largest absolute Gasteiger partial charge is 0.508 e. The van der Waals surface area contributed by atoms with Gasteiger partial charge in [0.15, 0.2) is 11.4 Å². The van der Waals surface area contributed by atoms with Crippen molar-refractivity contribution >= 4 is 28.9 Å². The van der Waals surface area contributed by atoms with Crippen molar-refractivity contribution in [3.63, 3.8) is 0 Å². The highest BCUT2D eigenvalue weighted by atomic mass is 16.5. The number of rotatable bonds is 5. The summed E-state index contributed by atoms with van der Waals surface area (Å²) < 4.78 is 5.42. The molecule has 0 bridgehead atoms. The second kappa shape index (κ2) is 9.88. The standard InChI is InChI=1S/C28H36N4O8/c1-30(2)17-11-14(12-32-5-7-40-8-6-32)22(33)19-15(17)9-13-10-16-21(31(3)4)24(35)20(27(29)38)26(37)28(16,39)25(36)18(13)23(19)34/h11,13,16,21,33-34,37,39H,5-10,12H2,1-4H3,(H2,29,38)/t13-,16+,21+,28+/m1/s1. The molecule has 216 valence electrons. The van der Waals surface area contributed by atoms with Gasteiger partial charge in [0, 0.05) is 56.5 Å². The summed E-state index contributed by atoms with van der Waals surface area (Å²) in [5.74, 6) is -6.52. The van der Waals surface area contributed by atoms with E-state index in [2.05, 4.69) is 4.90 Å². The van der Waals surface area contributed by atoms with E-state index in [0.717, 1.165) is 5.69 Å². The number of aliphatic hydroxyl groups is 3. The number of aromatic hydroxyl groups is 1. The number of carbonyl (C=O) groups excluding carboxylic acids is 3. The lowest BCUT2D eigenvalue weighted by atomic mass is 9.57. The molecule has 1 amide bonds. The highest BCUT2D eigenvalue weighted by Gasteiger charge is 2.64. The summed E-state index contributed by atoms with van der Waals surface area (Å²) in [7, 11) is 6.85. The molecule has 1 aliphatic heterocycles. The zero-order valence-electron chi connectivity index (χ0n) is 23.1. The van der Waals surface area contributed by atoms with Gasteiger partial charge >= 0.3 is 0 Å². The van der Waals surface area contributed by atoms with Gasteiger partial charge in [-0.25, -0.2) is 0 Å². The molecule has 0 aromatic heterocycles. The molecule has 6 N–H and O–H groups in total. The summed E-state index contributed by atoms with van der Waals surface area (Å²) in [5.41, 5.74) is 3.81. The molecule has 1 aromatic carbocycles. The first-order valence-electron chi connectivity index (χ1n) is 13.3. The minimum Gasteiger partial charge on any atom is -0.508 e. The maximum atomic E-state index is 14.1. The van der Waals surface area contributed by atoms with Gasteiger partial charge < -0.3 is 35.8 Å². The van der Waals surface area contributed by atoms with Crippen molar-refractivity contribution in [2.45, 2.75) is 31.0 Å². The average molecular weight is 557 g/mol. The molecule has 0 spiro atoms. The fourth-order valence-electron chi connectivity index (χ4n) is 6.87. The van der Waals surface area contributed by atoms with Crippen LogP contribution in [0.15, 0.2) is 23.0 Å². The predicted octanol–water partition coefficient (Wildman–Crippen LogP) is -0.138. The number of ketones is 2. The topological polar surface area (TPSA) is 177 Å². The Hall–Kier alpha value is -3.45. The van der Waals surface area contributed by atoms with Crippen LogP contribution in [0, 0.1) is 11.8 Å². The number of phenolic OH excluding ortho intramolecular Hbond substituents is 1. The van der Waals surface area contributed by atoms with Crippen LogP contribution in [0.3, 0.4) is 0 Å². The van der Waals surface area contributed by atoms with Gasteiger partial charge in [0.2, 0.25) is 5.78 Å². The van der Waals surface area contributed by atoms with E-state index in [-0.39, 0.29) is 29.7 Å². The third kappa shape index (κ3) is 4.00. The van der Waals surface area contributed by atoms with Gasteiger partial charge in [-0.05, 0) is 44.5 Å². The van der Waals surface area contributed by atoms with E-state index in [4.69, 9.17) is 10.5 Å². The Balaban J connectivity index is 1.69. The zero-order chi connectivity index (χ0) is 29.3. The molecule has 2 fully saturated rings. The first kappa shape index (κ1) is 28.1. The number of nitrogens with two attached hydrogens (primary N) is 1. The van der Waals surface area contributed by atoms with Crippen LogP contribution in [0.5, 0.6) is 5.75 Å². The Kier molecular flexibility index (Phi) is 6.94. The summed E-state index contributed by atoms with van der Waals surface area (Å²) in [6.07, 6.45) is 0.294. The Labute approximate surface area is 231 Å².